The molecule has 0 saturated carbocycles. The van der Waals surface area contributed by atoms with Crippen LogP contribution in [0.4, 0.5) is 0 Å². The zero-order chi connectivity index (χ0) is 18.6. The average Bonchev–Trinajstić information content (AvgIpc) is 2.65. The number of amidine groups is 1. The Morgan fingerprint density at radius 3 is 2.23 bits per heavy atom. The summed E-state index contributed by atoms with van der Waals surface area (Å²) < 4.78 is 25.1. The van der Waals surface area contributed by atoms with Crippen molar-refractivity contribution < 1.29 is 8.42 Å². The van der Waals surface area contributed by atoms with Crippen LogP contribution in [0.25, 0.3) is 0 Å². The van der Waals surface area contributed by atoms with Gasteiger partial charge in [-0.05, 0) is 31.7 Å². The lowest BCUT2D eigenvalue weighted by molar-refractivity contribution is 0.215. The number of nitrogens with zero attached hydrogens (tertiary/aromatic N) is 3. The van der Waals surface area contributed by atoms with Crippen molar-refractivity contribution in [1.82, 2.24) is 14.6 Å². The molecule has 1 fully saturated rings. The average molecular weight is 372 g/mol. The molecule has 0 amide bonds. The first-order valence-electron chi connectivity index (χ1n) is 8.61. The summed E-state index contributed by atoms with van der Waals surface area (Å²) in [5.41, 5.74) is 2.00. The van der Waals surface area contributed by atoms with E-state index in [2.05, 4.69) is 26.8 Å². The molecule has 0 atom stereocenters. The van der Waals surface area contributed by atoms with Gasteiger partial charge in [0, 0.05) is 31.7 Å². The van der Waals surface area contributed by atoms with Gasteiger partial charge in [0.2, 0.25) is 0 Å². The third-order valence-corrected chi connectivity index (χ3v) is 5.74. The highest BCUT2D eigenvalue weighted by Gasteiger charge is 2.21. The molecule has 1 aliphatic rings. The topological polar surface area (TPSA) is 65.0 Å². The van der Waals surface area contributed by atoms with Gasteiger partial charge in [0.25, 0.3) is 10.0 Å². The summed E-state index contributed by atoms with van der Waals surface area (Å²) in [6.45, 7) is 5.44. The molecule has 1 N–H and O–H groups in total. The molecule has 0 bridgehead atoms. The van der Waals surface area contributed by atoms with Crippen LogP contribution in [-0.2, 0) is 10.0 Å². The molecular weight excluding hydrogens is 348 g/mol. The molecule has 0 aliphatic carbocycles. The van der Waals surface area contributed by atoms with Crippen molar-refractivity contribution in [2.24, 2.45) is 5.10 Å². The van der Waals surface area contributed by atoms with Crippen LogP contribution in [0.15, 0.2) is 64.6 Å². The minimum absolute atomic E-state index is 0.200. The molecular formula is C19H24N4O2S. The molecule has 3 rings (SSSR count). The van der Waals surface area contributed by atoms with Crippen LogP contribution >= 0.6 is 0 Å². The number of benzene rings is 2. The fraction of sp³-hybridized carbons (Fsp3) is 0.316. The van der Waals surface area contributed by atoms with Crippen LogP contribution in [0.3, 0.4) is 0 Å². The van der Waals surface area contributed by atoms with E-state index < -0.39 is 10.0 Å². The minimum Gasteiger partial charge on any atom is -0.352 e. The van der Waals surface area contributed by atoms with E-state index in [1.165, 1.54) is 0 Å². The Labute approximate surface area is 155 Å². The van der Waals surface area contributed by atoms with Gasteiger partial charge in [0.1, 0.15) is 0 Å². The van der Waals surface area contributed by atoms with Gasteiger partial charge in [-0.1, -0.05) is 42.5 Å². The second-order valence-corrected chi connectivity index (χ2v) is 8.11. The number of aryl methyl sites for hydroxylation is 1. The quantitative estimate of drug-likeness (QED) is 0.506. The smallest absolute Gasteiger partial charge is 0.276 e. The van der Waals surface area contributed by atoms with E-state index in [-0.39, 0.29) is 4.90 Å². The van der Waals surface area contributed by atoms with Gasteiger partial charge < -0.3 is 9.80 Å². The van der Waals surface area contributed by atoms with E-state index in [0.29, 0.717) is 5.84 Å². The normalized spacial score (nSPS) is 16.5. The summed E-state index contributed by atoms with van der Waals surface area (Å²) >= 11 is 0. The number of hydrogen-bond donors (Lipinski definition) is 1. The summed E-state index contributed by atoms with van der Waals surface area (Å²) in [6.07, 6.45) is 0. The van der Waals surface area contributed by atoms with Gasteiger partial charge in [0.05, 0.1) is 4.90 Å². The maximum absolute atomic E-state index is 12.5. The molecule has 0 aromatic heterocycles. The zero-order valence-corrected chi connectivity index (χ0v) is 15.9. The van der Waals surface area contributed by atoms with Crippen molar-refractivity contribution in [2.75, 3.05) is 33.2 Å². The predicted molar refractivity (Wildman–Crippen MR) is 104 cm³/mol. The van der Waals surface area contributed by atoms with Crippen molar-refractivity contribution in [3.8, 4) is 0 Å². The van der Waals surface area contributed by atoms with Crippen molar-refractivity contribution in [1.29, 1.82) is 0 Å². The molecule has 1 aliphatic heterocycles. The third-order valence-electron chi connectivity index (χ3n) is 4.51. The molecule has 1 saturated heterocycles. The van der Waals surface area contributed by atoms with E-state index in [4.69, 9.17) is 0 Å². The number of likely N-dealkylation sites (N-methyl/N-ethyl adjacent to an activating group) is 1. The molecule has 0 unspecified atom stereocenters. The summed E-state index contributed by atoms with van der Waals surface area (Å²) in [4.78, 5) is 7.00. The lowest BCUT2D eigenvalue weighted by Gasteiger charge is -2.34. The number of sulfonamides is 1. The maximum Gasteiger partial charge on any atom is 0.276 e. The van der Waals surface area contributed by atoms with Crippen LogP contribution in [0.2, 0.25) is 0 Å². The summed E-state index contributed by atoms with van der Waals surface area (Å²) in [5, 5.41) is 4.34. The number of nitrogens with one attached hydrogen (secondary N) is 1. The van der Waals surface area contributed by atoms with Gasteiger partial charge >= 0.3 is 0 Å². The Hall–Kier alpha value is -2.38. The number of hydrogen-bond acceptors (Lipinski definition) is 4. The molecule has 138 valence electrons. The summed E-state index contributed by atoms with van der Waals surface area (Å²) in [6, 6.07) is 16.2. The van der Waals surface area contributed by atoms with Gasteiger partial charge in [-0.2, -0.15) is 13.2 Å². The van der Waals surface area contributed by atoms with Crippen molar-refractivity contribution in [3.63, 3.8) is 0 Å². The third kappa shape index (κ3) is 4.23. The summed E-state index contributed by atoms with van der Waals surface area (Å²) in [7, 11) is -1.62. The monoisotopic (exact) mass is 372 g/mol. The van der Waals surface area contributed by atoms with E-state index >= 15 is 0 Å². The Morgan fingerprint density at radius 2 is 1.58 bits per heavy atom. The Kier molecular flexibility index (Phi) is 5.58. The second kappa shape index (κ2) is 7.88. The first-order chi connectivity index (χ1) is 12.5. The van der Waals surface area contributed by atoms with Crippen molar-refractivity contribution >= 4 is 15.9 Å². The Bertz CT molecular complexity index is 873. The second-order valence-electron chi connectivity index (χ2n) is 6.45. The van der Waals surface area contributed by atoms with Crippen LogP contribution in [0, 0.1) is 6.92 Å². The van der Waals surface area contributed by atoms with Gasteiger partial charge in [0.15, 0.2) is 5.84 Å². The molecule has 7 heteroatoms. The fourth-order valence-electron chi connectivity index (χ4n) is 2.90. The summed E-state index contributed by atoms with van der Waals surface area (Å²) in [5.74, 6) is 0.663. The number of piperazine rings is 1. The van der Waals surface area contributed by atoms with Crippen molar-refractivity contribution in [3.05, 3.63) is 65.7 Å². The van der Waals surface area contributed by atoms with Gasteiger partial charge in [-0.3, -0.25) is 0 Å². The highest BCUT2D eigenvalue weighted by atomic mass is 32.2. The standard InChI is InChI=1S/C19H24N4O2S/c1-16-8-6-7-11-18(16)19(23-14-12-22(2)13-15-23)20-21-26(24,25)17-9-4-3-5-10-17/h3-11,21H,12-15H2,1-2H3/b20-19+. The van der Waals surface area contributed by atoms with Crippen molar-refractivity contribution in [2.45, 2.75) is 11.8 Å². The van der Waals surface area contributed by atoms with Crippen LogP contribution in [0.5, 0.6) is 0 Å². The highest BCUT2D eigenvalue weighted by Crippen LogP contribution is 2.14. The number of rotatable bonds is 4. The van der Waals surface area contributed by atoms with Crippen LogP contribution in [0.1, 0.15) is 11.1 Å². The Balaban J connectivity index is 1.93. The van der Waals surface area contributed by atoms with Crippen LogP contribution < -0.4 is 4.83 Å². The van der Waals surface area contributed by atoms with Gasteiger partial charge in [-0.15, -0.1) is 5.10 Å². The number of hydrazone groups is 1. The zero-order valence-electron chi connectivity index (χ0n) is 15.1. The molecule has 6 nitrogen and oxygen atoms in total. The van der Waals surface area contributed by atoms with E-state index in [0.717, 1.165) is 37.3 Å². The minimum atomic E-state index is -3.70. The maximum atomic E-state index is 12.5. The molecule has 2 aromatic carbocycles. The van der Waals surface area contributed by atoms with Crippen LogP contribution in [-0.4, -0.2) is 57.3 Å². The molecule has 1 heterocycles. The molecule has 0 radical (unpaired) electrons. The van der Waals surface area contributed by atoms with E-state index in [1.807, 2.05) is 31.2 Å². The van der Waals surface area contributed by atoms with E-state index in [1.54, 1.807) is 30.3 Å². The predicted octanol–water partition coefficient (Wildman–Crippen LogP) is 1.88. The molecule has 0 spiro atoms. The fourth-order valence-corrected chi connectivity index (χ4v) is 3.73. The lowest BCUT2D eigenvalue weighted by Crippen LogP contribution is -2.48. The van der Waals surface area contributed by atoms with Gasteiger partial charge in [-0.25, -0.2) is 0 Å². The first kappa shape index (κ1) is 18.4. The lowest BCUT2D eigenvalue weighted by atomic mass is 10.1. The largest absolute Gasteiger partial charge is 0.352 e. The molecule has 26 heavy (non-hydrogen) atoms. The Morgan fingerprint density at radius 1 is 0.962 bits per heavy atom. The SMILES string of the molecule is Cc1ccccc1/C(=N\NS(=O)(=O)c1ccccc1)N1CCN(C)CC1. The van der Waals surface area contributed by atoms with E-state index in [9.17, 15) is 8.42 Å². The highest BCUT2D eigenvalue weighted by molar-refractivity contribution is 7.89. The molecule has 2 aromatic rings. The first-order valence-corrected chi connectivity index (χ1v) is 10.1.